The molecule has 0 spiro atoms. The van der Waals surface area contributed by atoms with Crippen molar-refractivity contribution in [1.82, 2.24) is 25.4 Å². The van der Waals surface area contributed by atoms with E-state index in [0.29, 0.717) is 6.04 Å². The SMILES string of the molecule is O=C(NC1CC1)c1ccccc1Sc1ccc2c(/C=C/c3ccc(CN4CCCC4)cn3)n[nH]c2c1. The fourth-order valence-corrected chi connectivity index (χ4v) is 5.55. The molecule has 4 aromatic rings. The number of H-pyrrole nitrogens is 1. The van der Waals surface area contributed by atoms with Gasteiger partial charge in [0.05, 0.1) is 22.5 Å². The van der Waals surface area contributed by atoms with E-state index in [-0.39, 0.29) is 5.91 Å². The number of benzene rings is 2. The number of carbonyl (C=O) groups excluding carboxylic acids is 1. The van der Waals surface area contributed by atoms with Crippen molar-refractivity contribution in [3.8, 4) is 0 Å². The van der Waals surface area contributed by atoms with Gasteiger partial charge in [0.15, 0.2) is 0 Å². The van der Waals surface area contributed by atoms with Crippen LogP contribution in [0.5, 0.6) is 0 Å². The van der Waals surface area contributed by atoms with Gasteiger partial charge in [0.2, 0.25) is 0 Å². The van der Waals surface area contributed by atoms with E-state index < -0.39 is 0 Å². The zero-order chi connectivity index (χ0) is 24.3. The predicted octanol–water partition coefficient (Wildman–Crippen LogP) is 5.77. The molecule has 0 radical (unpaired) electrons. The van der Waals surface area contributed by atoms with Crippen molar-refractivity contribution >= 4 is 40.7 Å². The van der Waals surface area contributed by atoms with Crippen LogP contribution in [0, 0.1) is 0 Å². The zero-order valence-corrected chi connectivity index (χ0v) is 20.9. The van der Waals surface area contributed by atoms with E-state index in [1.54, 1.807) is 11.8 Å². The van der Waals surface area contributed by atoms with Crippen molar-refractivity contribution in [3.63, 3.8) is 0 Å². The third-order valence-electron chi connectivity index (χ3n) is 6.70. The van der Waals surface area contributed by atoms with E-state index >= 15 is 0 Å². The molecule has 2 aliphatic rings. The highest BCUT2D eigenvalue weighted by Gasteiger charge is 2.25. The Kier molecular flexibility index (Phi) is 6.57. The van der Waals surface area contributed by atoms with E-state index in [1.807, 2.05) is 42.6 Å². The Morgan fingerprint density at radius 2 is 1.94 bits per heavy atom. The van der Waals surface area contributed by atoms with Gasteiger partial charge in [0.1, 0.15) is 0 Å². The summed E-state index contributed by atoms with van der Waals surface area (Å²) in [5, 5.41) is 11.8. The maximum Gasteiger partial charge on any atom is 0.252 e. The van der Waals surface area contributed by atoms with Crippen LogP contribution in [-0.2, 0) is 6.54 Å². The molecule has 1 saturated heterocycles. The third-order valence-corrected chi connectivity index (χ3v) is 7.77. The second kappa shape index (κ2) is 10.3. The fourth-order valence-electron chi connectivity index (χ4n) is 4.56. The van der Waals surface area contributed by atoms with E-state index in [1.165, 1.54) is 31.5 Å². The van der Waals surface area contributed by atoms with Gasteiger partial charge in [-0.3, -0.25) is 19.8 Å². The van der Waals surface area contributed by atoms with Crippen LogP contribution < -0.4 is 5.32 Å². The molecule has 6 nitrogen and oxygen atoms in total. The van der Waals surface area contributed by atoms with Gasteiger partial charge in [-0.2, -0.15) is 5.10 Å². The van der Waals surface area contributed by atoms with Gasteiger partial charge in [-0.25, -0.2) is 0 Å². The average Bonchev–Trinajstić information content (AvgIpc) is 3.39. The Bertz CT molecular complexity index is 1400. The number of likely N-dealkylation sites (tertiary alicyclic amines) is 1. The number of nitrogens with zero attached hydrogens (tertiary/aromatic N) is 3. The number of fused-ring (bicyclic) bond motifs is 1. The quantitative estimate of drug-likeness (QED) is 0.325. The normalized spacial score (nSPS) is 16.2. The van der Waals surface area contributed by atoms with Crippen molar-refractivity contribution in [3.05, 3.63) is 83.3 Å². The van der Waals surface area contributed by atoms with Gasteiger partial charge in [-0.1, -0.05) is 30.0 Å². The Balaban J connectivity index is 1.15. The molecule has 2 aromatic carbocycles. The first-order chi connectivity index (χ1) is 17.7. The summed E-state index contributed by atoms with van der Waals surface area (Å²) in [7, 11) is 0. The van der Waals surface area contributed by atoms with Crippen LogP contribution >= 0.6 is 11.8 Å². The van der Waals surface area contributed by atoms with E-state index in [2.05, 4.69) is 55.7 Å². The summed E-state index contributed by atoms with van der Waals surface area (Å²) >= 11 is 1.60. The van der Waals surface area contributed by atoms with E-state index in [9.17, 15) is 4.79 Å². The van der Waals surface area contributed by atoms with Crippen molar-refractivity contribution < 1.29 is 4.79 Å². The zero-order valence-electron chi connectivity index (χ0n) is 20.1. The van der Waals surface area contributed by atoms with Crippen molar-refractivity contribution in [2.24, 2.45) is 0 Å². The Labute approximate surface area is 215 Å². The number of rotatable bonds is 8. The molecule has 2 N–H and O–H groups in total. The molecule has 1 amide bonds. The maximum atomic E-state index is 12.7. The summed E-state index contributed by atoms with van der Waals surface area (Å²) in [6.45, 7) is 3.36. The first kappa shape index (κ1) is 23.0. The second-order valence-corrected chi connectivity index (χ2v) is 10.7. The lowest BCUT2D eigenvalue weighted by atomic mass is 10.2. The first-order valence-electron chi connectivity index (χ1n) is 12.6. The summed E-state index contributed by atoms with van der Waals surface area (Å²) in [6.07, 6.45) is 10.8. The lowest BCUT2D eigenvalue weighted by Gasteiger charge is -2.13. The van der Waals surface area contributed by atoms with Crippen LogP contribution in [0.2, 0.25) is 0 Å². The van der Waals surface area contributed by atoms with Crippen molar-refractivity contribution in [2.45, 2.75) is 48.1 Å². The highest BCUT2D eigenvalue weighted by molar-refractivity contribution is 7.99. The number of hydrogen-bond acceptors (Lipinski definition) is 5. The largest absolute Gasteiger partial charge is 0.349 e. The molecule has 0 atom stereocenters. The molecule has 2 fully saturated rings. The molecular formula is C29H29N5OS. The van der Waals surface area contributed by atoms with Gasteiger partial charge < -0.3 is 5.32 Å². The van der Waals surface area contributed by atoms with Crippen LogP contribution in [0.25, 0.3) is 23.1 Å². The van der Waals surface area contributed by atoms with Gasteiger partial charge >= 0.3 is 0 Å². The molecule has 2 aromatic heterocycles. The summed E-state index contributed by atoms with van der Waals surface area (Å²) in [4.78, 5) is 21.8. The summed E-state index contributed by atoms with van der Waals surface area (Å²) in [5.74, 6) is 0.00771. The third kappa shape index (κ3) is 5.37. The van der Waals surface area contributed by atoms with Crippen molar-refractivity contribution in [1.29, 1.82) is 0 Å². The molecule has 0 unspecified atom stereocenters. The number of amides is 1. The smallest absolute Gasteiger partial charge is 0.252 e. The van der Waals surface area contributed by atoms with Gasteiger partial charge in [-0.05, 0) is 92.9 Å². The highest BCUT2D eigenvalue weighted by atomic mass is 32.2. The lowest BCUT2D eigenvalue weighted by Crippen LogP contribution is -2.25. The Morgan fingerprint density at radius 3 is 2.75 bits per heavy atom. The van der Waals surface area contributed by atoms with Crippen LogP contribution in [-0.4, -0.2) is 45.1 Å². The monoisotopic (exact) mass is 495 g/mol. The predicted molar refractivity (Wildman–Crippen MR) is 145 cm³/mol. The molecular weight excluding hydrogens is 466 g/mol. The number of carbonyl (C=O) groups is 1. The molecule has 36 heavy (non-hydrogen) atoms. The molecule has 3 heterocycles. The Morgan fingerprint density at radius 1 is 1.08 bits per heavy atom. The summed E-state index contributed by atoms with van der Waals surface area (Å²) in [6, 6.07) is 18.6. The van der Waals surface area contributed by atoms with E-state index in [4.69, 9.17) is 0 Å². The molecule has 1 saturated carbocycles. The molecule has 1 aliphatic carbocycles. The van der Waals surface area contributed by atoms with Crippen LogP contribution in [0.1, 0.15) is 53.0 Å². The summed E-state index contributed by atoms with van der Waals surface area (Å²) in [5.41, 5.74) is 4.75. The fraction of sp³-hybridized carbons (Fsp3) is 0.276. The highest BCUT2D eigenvalue weighted by Crippen LogP contribution is 2.33. The first-order valence-corrected chi connectivity index (χ1v) is 13.4. The minimum Gasteiger partial charge on any atom is -0.349 e. The van der Waals surface area contributed by atoms with Crippen molar-refractivity contribution in [2.75, 3.05) is 13.1 Å². The summed E-state index contributed by atoms with van der Waals surface area (Å²) < 4.78 is 0. The molecule has 182 valence electrons. The number of nitrogens with one attached hydrogen (secondary N) is 2. The minimum absolute atomic E-state index is 0.00771. The number of pyridine rings is 1. The minimum atomic E-state index is 0.00771. The molecule has 1 aliphatic heterocycles. The molecule has 7 heteroatoms. The van der Waals surface area contributed by atoms with Crippen LogP contribution in [0.3, 0.4) is 0 Å². The Hall–Kier alpha value is -3.42. The molecule has 0 bridgehead atoms. The number of hydrogen-bond donors (Lipinski definition) is 2. The molecule has 6 rings (SSSR count). The topological polar surface area (TPSA) is 73.9 Å². The number of aromatic nitrogens is 3. The van der Waals surface area contributed by atoms with Gasteiger partial charge in [-0.15, -0.1) is 0 Å². The maximum absolute atomic E-state index is 12.7. The lowest BCUT2D eigenvalue weighted by molar-refractivity contribution is 0.0948. The van der Waals surface area contributed by atoms with Gasteiger partial charge in [0.25, 0.3) is 5.91 Å². The van der Waals surface area contributed by atoms with Crippen LogP contribution in [0.15, 0.2) is 70.6 Å². The number of aromatic amines is 1. The second-order valence-electron chi connectivity index (χ2n) is 9.57. The van der Waals surface area contributed by atoms with Gasteiger partial charge in [0, 0.05) is 34.0 Å². The standard InChI is InChI=1S/C29H29N5OS/c35-29(31-22-9-10-22)25-5-1-2-6-28(25)36-23-12-13-24-26(32-33-27(24)17-23)14-11-21-8-7-20(18-30-21)19-34-15-3-4-16-34/h1-2,5-8,11-14,17-18,22H,3-4,9-10,15-16,19H2,(H,31,35)(H,32,33)/b14-11+. The van der Waals surface area contributed by atoms with E-state index in [0.717, 1.165) is 57.0 Å². The van der Waals surface area contributed by atoms with Crippen LogP contribution in [0.4, 0.5) is 0 Å². The average molecular weight is 496 g/mol.